The molecule has 0 aliphatic heterocycles. The number of benzene rings is 1. The van der Waals surface area contributed by atoms with Crippen LogP contribution in [0.4, 0.5) is 10.7 Å². The van der Waals surface area contributed by atoms with Gasteiger partial charge in [0.1, 0.15) is 5.84 Å². The fraction of sp³-hybridized carbons (Fsp3) is 0.0714. The molecule has 0 amide bonds. The smallest absolute Gasteiger partial charge is 0.128 e. The highest BCUT2D eigenvalue weighted by Crippen LogP contribution is 2.28. The Balaban J connectivity index is 2.07. The van der Waals surface area contributed by atoms with E-state index < -0.39 is 0 Å². The average molecular weight is 287 g/mol. The number of nitrogens with zero attached hydrogens (tertiary/aromatic N) is 1. The SMILES string of the molecule is C=C(NNc1ccccc1)c1cc(C(N)=NC)c(N)s1. The summed E-state index contributed by atoms with van der Waals surface area (Å²) in [5.41, 5.74) is 20.2. The minimum absolute atomic E-state index is 0.425. The number of thiophene rings is 1. The van der Waals surface area contributed by atoms with Crippen molar-refractivity contribution in [2.75, 3.05) is 18.2 Å². The molecule has 1 aromatic carbocycles. The van der Waals surface area contributed by atoms with Gasteiger partial charge in [-0.3, -0.25) is 4.99 Å². The molecule has 5 nitrogen and oxygen atoms in total. The van der Waals surface area contributed by atoms with Crippen molar-refractivity contribution in [3.05, 3.63) is 53.4 Å². The quantitative estimate of drug-likeness (QED) is 0.386. The van der Waals surface area contributed by atoms with Crippen LogP contribution in [-0.2, 0) is 0 Å². The van der Waals surface area contributed by atoms with Gasteiger partial charge in [-0.2, -0.15) is 0 Å². The highest BCUT2D eigenvalue weighted by molar-refractivity contribution is 7.17. The Bertz CT molecular complexity index is 630. The third kappa shape index (κ3) is 3.10. The van der Waals surface area contributed by atoms with Crippen LogP contribution in [0.5, 0.6) is 0 Å². The highest BCUT2D eigenvalue weighted by Gasteiger charge is 2.11. The van der Waals surface area contributed by atoms with E-state index in [-0.39, 0.29) is 0 Å². The maximum Gasteiger partial charge on any atom is 0.128 e. The number of hydrogen-bond donors (Lipinski definition) is 4. The molecule has 0 aliphatic rings. The molecule has 20 heavy (non-hydrogen) atoms. The second-order valence-electron chi connectivity index (χ2n) is 4.09. The molecule has 0 unspecified atom stereocenters. The van der Waals surface area contributed by atoms with Gasteiger partial charge in [0.2, 0.25) is 0 Å². The van der Waals surface area contributed by atoms with Gasteiger partial charge < -0.3 is 22.3 Å². The van der Waals surface area contributed by atoms with Crippen LogP contribution in [0, 0.1) is 0 Å². The fourth-order valence-corrected chi connectivity index (χ4v) is 2.47. The van der Waals surface area contributed by atoms with Gasteiger partial charge >= 0.3 is 0 Å². The number of nitrogen functional groups attached to an aromatic ring is 1. The Hall–Kier alpha value is -2.47. The van der Waals surface area contributed by atoms with Crippen molar-refractivity contribution in [1.82, 2.24) is 5.43 Å². The first-order valence-corrected chi connectivity index (χ1v) is 6.81. The Morgan fingerprint density at radius 1 is 1.30 bits per heavy atom. The Morgan fingerprint density at radius 2 is 2.00 bits per heavy atom. The molecule has 6 N–H and O–H groups in total. The van der Waals surface area contributed by atoms with E-state index in [1.807, 2.05) is 36.4 Å². The van der Waals surface area contributed by atoms with Crippen LogP contribution in [0.2, 0.25) is 0 Å². The summed E-state index contributed by atoms with van der Waals surface area (Å²) in [5, 5.41) is 0.630. The van der Waals surface area contributed by atoms with Crippen molar-refractivity contribution >= 4 is 33.6 Å². The van der Waals surface area contributed by atoms with Gasteiger partial charge in [0.25, 0.3) is 0 Å². The van der Waals surface area contributed by atoms with Crippen LogP contribution in [0.15, 0.2) is 48.0 Å². The average Bonchev–Trinajstić information content (AvgIpc) is 2.87. The first-order chi connectivity index (χ1) is 9.61. The third-order valence-corrected chi connectivity index (χ3v) is 3.73. The highest BCUT2D eigenvalue weighted by atomic mass is 32.1. The molecular weight excluding hydrogens is 270 g/mol. The van der Waals surface area contributed by atoms with Crippen molar-refractivity contribution in [2.24, 2.45) is 10.7 Å². The lowest BCUT2D eigenvalue weighted by atomic mass is 10.2. The summed E-state index contributed by atoms with van der Waals surface area (Å²) >= 11 is 1.42. The molecule has 1 aromatic heterocycles. The lowest BCUT2D eigenvalue weighted by Gasteiger charge is -2.10. The molecule has 0 saturated heterocycles. The number of rotatable bonds is 5. The molecule has 6 heteroatoms. The van der Waals surface area contributed by atoms with E-state index in [0.717, 1.165) is 21.8 Å². The van der Waals surface area contributed by atoms with Crippen molar-refractivity contribution in [1.29, 1.82) is 0 Å². The van der Waals surface area contributed by atoms with Crippen LogP contribution in [0.25, 0.3) is 5.70 Å². The molecule has 0 spiro atoms. The standard InChI is InChI=1S/C14H17N5S/c1-9(18-19-10-6-4-3-5-7-10)12-8-11(13(15)17-2)14(16)20-12/h3-8,18-19H,1,16H2,2H3,(H2,15,17). The Morgan fingerprint density at radius 3 is 2.65 bits per heavy atom. The zero-order valence-electron chi connectivity index (χ0n) is 11.2. The Kier molecular flexibility index (Phi) is 4.27. The number of para-hydroxylation sites is 1. The van der Waals surface area contributed by atoms with E-state index in [2.05, 4.69) is 22.4 Å². The maximum absolute atomic E-state index is 5.93. The van der Waals surface area contributed by atoms with E-state index in [9.17, 15) is 0 Å². The predicted octanol–water partition coefficient (Wildman–Crippen LogP) is 2.25. The van der Waals surface area contributed by atoms with Gasteiger partial charge in [0.15, 0.2) is 0 Å². The van der Waals surface area contributed by atoms with Gasteiger partial charge in [-0.25, -0.2) is 0 Å². The molecule has 0 atom stereocenters. The van der Waals surface area contributed by atoms with E-state index in [1.54, 1.807) is 7.05 Å². The van der Waals surface area contributed by atoms with Gasteiger partial charge in [-0.1, -0.05) is 24.8 Å². The van der Waals surface area contributed by atoms with Crippen molar-refractivity contribution in [2.45, 2.75) is 0 Å². The first kappa shape index (κ1) is 14.0. The topological polar surface area (TPSA) is 88.5 Å². The molecule has 0 aliphatic carbocycles. The first-order valence-electron chi connectivity index (χ1n) is 6.00. The second-order valence-corrected chi connectivity index (χ2v) is 5.18. The second kappa shape index (κ2) is 6.12. The minimum Gasteiger partial charge on any atom is -0.390 e. The fourth-order valence-electron chi connectivity index (χ4n) is 1.61. The number of hydrazine groups is 1. The van der Waals surface area contributed by atoms with Crippen LogP contribution >= 0.6 is 11.3 Å². The molecule has 0 bridgehead atoms. The molecule has 2 rings (SSSR count). The van der Waals surface area contributed by atoms with Crippen molar-refractivity contribution in [3.8, 4) is 0 Å². The molecular formula is C14H17N5S. The summed E-state index contributed by atoms with van der Waals surface area (Å²) in [6.07, 6.45) is 0. The van der Waals surface area contributed by atoms with Gasteiger partial charge in [0, 0.05) is 7.05 Å². The number of hydrogen-bond acceptors (Lipinski definition) is 5. The number of anilines is 2. The molecule has 104 valence electrons. The van der Waals surface area contributed by atoms with Crippen LogP contribution in [0.3, 0.4) is 0 Å². The summed E-state index contributed by atoms with van der Waals surface area (Å²) in [5.74, 6) is 0.425. The zero-order valence-corrected chi connectivity index (χ0v) is 12.0. The summed E-state index contributed by atoms with van der Waals surface area (Å²) in [4.78, 5) is 4.85. The lowest BCUT2D eigenvalue weighted by Crippen LogP contribution is -2.18. The molecule has 0 fully saturated rings. The molecule has 0 saturated carbocycles. The maximum atomic E-state index is 5.93. The third-order valence-electron chi connectivity index (χ3n) is 2.71. The van der Waals surface area contributed by atoms with Gasteiger partial charge in [0.05, 0.1) is 26.8 Å². The van der Waals surface area contributed by atoms with Crippen LogP contribution < -0.4 is 22.3 Å². The lowest BCUT2D eigenvalue weighted by molar-refractivity contribution is 1.09. The molecule has 1 heterocycles. The molecule has 2 aromatic rings. The summed E-state index contributed by atoms with van der Waals surface area (Å²) < 4.78 is 0. The summed E-state index contributed by atoms with van der Waals surface area (Å²) in [7, 11) is 1.64. The van der Waals surface area contributed by atoms with Crippen LogP contribution in [-0.4, -0.2) is 12.9 Å². The monoisotopic (exact) mass is 287 g/mol. The summed E-state index contributed by atoms with van der Waals surface area (Å²) in [6, 6.07) is 11.6. The minimum atomic E-state index is 0.425. The zero-order chi connectivity index (χ0) is 14.5. The van der Waals surface area contributed by atoms with E-state index in [1.165, 1.54) is 11.3 Å². The van der Waals surface area contributed by atoms with Gasteiger partial charge in [-0.15, -0.1) is 11.3 Å². The molecule has 0 radical (unpaired) electrons. The normalized spacial score (nSPS) is 11.2. The largest absolute Gasteiger partial charge is 0.390 e. The van der Waals surface area contributed by atoms with E-state index in [4.69, 9.17) is 11.5 Å². The van der Waals surface area contributed by atoms with Crippen LogP contribution in [0.1, 0.15) is 10.4 Å². The number of nitrogens with two attached hydrogens (primary N) is 2. The number of nitrogens with one attached hydrogen (secondary N) is 2. The Labute approximate surface area is 122 Å². The van der Waals surface area contributed by atoms with E-state index in [0.29, 0.717) is 10.8 Å². The predicted molar refractivity (Wildman–Crippen MR) is 87.6 cm³/mol. The number of amidine groups is 1. The number of aliphatic imine (C=N–C) groups is 1. The van der Waals surface area contributed by atoms with E-state index >= 15 is 0 Å². The summed E-state index contributed by atoms with van der Waals surface area (Å²) in [6.45, 7) is 3.98. The van der Waals surface area contributed by atoms with Gasteiger partial charge in [-0.05, 0) is 18.2 Å². The van der Waals surface area contributed by atoms with Crippen molar-refractivity contribution < 1.29 is 0 Å². The van der Waals surface area contributed by atoms with Crippen molar-refractivity contribution in [3.63, 3.8) is 0 Å².